The Balaban J connectivity index is 0.00000480. The molecule has 0 spiro atoms. The van der Waals surface area contributed by atoms with E-state index in [1.807, 2.05) is 0 Å². The van der Waals surface area contributed by atoms with Gasteiger partial charge >= 0.3 is 5.97 Å². The van der Waals surface area contributed by atoms with E-state index < -0.39 is 22.8 Å². The topological polar surface area (TPSA) is 151 Å². The van der Waals surface area contributed by atoms with Crippen molar-refractivity contribution in [3.05, 3.63) is 62.1 Å². The lowest BCUT2D eigenvalue weighted by Gasteiger charge is -2.14. The highest BCUT2D eigenvalue weighted by atomic mass is 35.5. The normalized spacial score (nSPS) is 11.2. The lowest BCUT2D eigenvalue weighted by molar-refractivity contribution is -0.384. The number of carbonyl (C=O) groups excluding carboxylic acids is 2. The zero-order valence-electron chi connectivity index (χ0n) is 16.2. The van der Waals surface area contributed by atoms with Crippen LogP contribution in [0.2, 0.25) is 10.0 Å². The molecule has 1 amide bonds. The number of rotatable bonds is 9. The summed E-state index contributed by atoms with van der Waals surface area (Å²) >= 11 is 12.0. The molecule has 0 aliphatic rings. The molecule has 31 heavy (non-hydrogen) atoms. The van der Waals surface area contributed by atoms with Crippen LogP contribution in [-0.2, 0) is 4.79 Å². The molecular formula is C19H21Cl3N4O5. The molecular weight excluding hydrogens is 471 g/mol. The fourth-order valence-corrected chi connectivity index (χ4v) is 2.88. The Morgan fingerprint density at radius 2 is 1.87 bits per heavy atom. The second-order valence-electron chi connectivity index (χ2n) is 6.33. The van der Waals surface area contributed by atoms with Crippen molar-refractivity contribution in [3.63, 3.8) is 0 Å². The molecule has 12 heteroatoms. The van der Waals surface area contributed by atoms with E-state index in [0.29, 0.717) is 19.4 Å². The molecule has 168 valence electrons. The Bertz CT molecular complexity index is 958. The van der Waals surface area contributed by atoms with Crippen LogP contribution in [0.1, 0.15) is 29.6 Å². The number of benzene rings is 2. The number of nitrogens with one attached hydrogen (secondary N) is 1. The highest BCUT2D eigenvalue weighted by Crippen LogP contribution is 2.29. The monoisotopic (exact) mass is 490 g/mol. The van der Waals surface area contributed by atoms with Crippen LogP contribution in [0.4, 0.5) is 11.4 Å². The predicted molar refractivity (Wildman–Crippen MR) is 121 cm³/mol. The first-order valence-electron chi connectivity index (χ1n) is 8.95. The number of non-ortho nitro benzene ring substituents is 1. The summed E-state index contributed by atoms with van der Waals surface area (Å²) in [5, 5.41) is 13.5. The number of amides is 1. The van der Waals surface area contributed by atoms with Gasteiger partial charge in [-0.15, -0.1) is 12.4 Å². The molecule has 0 unspecified atom stereocenters. The molecule has 0 saturated heterocycles. The van der Waals surface area contributed by atoms with Crippen LogP contribution < -0.4 is 21.5 Å². The number of nitro benzene ring substituents is 1. The van der Waals surface area contributed by atoms with Crippen LogP contribution in [0, 0.1) is 10.1 Å². The van der Waals surface area contributed by atoms with Crippen molar-refractivity contribution in [2.45, 2.75) is 25.3 Å². The van der Waals surface area contributed by atoms with E-state index in [2.05, 4.69) is 5.32 Å². The zero-order valence-corrected chi connectivity index (χ0v) is 18.5. The van der Waals surface area contributed by atoms with E-state index in [9.17, 15) is 19.7 Å². The van der Waals surface area contributed by atoms with Gasteiger partial charge in [0.1, 0.15) is 11.8 Å². The third kappa shape index (κ3) is 7.64. The highest BCUT2D eigenvalue weighted by Gasteiger charge is 2.21. The fraction of sp³-hybridized carbons (Fsp3) is 0.263. The van der Waals surface area contributed by atoms with Crippen LogP contribution in [-0.4, -0.2) is 29.4 Å². The molecule has 0 aliphatic carbocycles. The Kier molecular flexibility index (Phi) is 10.7. The maximum absolute atomic E-state index is 12.7. The first kappa shape index (κ1) is 26.6. The van der Waals surface area contributed by atoms with Crippen LogP contribution >= 0.6 is 35.6 Å². The molecule has 1 atom stereocenters. The number of nitrogens with zero attached hydrogens (tertiary/aromatic N) is 1. The third-order valence-corrected chi connectivity index (χ3v) is 4.63. The Morgan fingerprint density at radius 1 is 1.16 bits per heavy atom. The maximum atomic E-state index is 12.7. The summed E-state index contributed by atoms with van der Waals surface area (Å²) in [6.07, 6.45) is 1.79. The van der Waals surface area contributed by atoms with Gasteiger partial charge in [0, 0.05) is 17.2 Å². The largest absolute Gasteiger partial charge is 0.425 e. The summed E-state index contributed by atoms with van der Waals surface area (Å²) < 4.78 is 5.30. The van der Waals surface area contributed by atoms with Crippen molar-refractivity contribution in [2.24, 2.45) is 11.5 Å². The molecule has 0 fully saturated rings. The van der Waals surface area contributed by atoms with Gasteiger partial charge in [0.05, 0.1) is 21.2 Å². The maximum Gasteiger partial charge on any atom is 0.328 e. The van der Waals surface area contributed by atoms with Crippen molar-refractivity contribution in [3.8, 4) is 5.75 Å². The van der Waals surface area contributed by atoms with Gasteiger partial charge in [-0.3, -0.25) is 14.9 Å². The Morgan fingerprint density at radius 3 is 2.48 bits per heavy atom. The van der Waals surface area contributed by atoms with Crippen LogP contribution in [0.3, 0.4) is 0 Å². The van der Waals surface area contributed by atoms with Gasteiger partial charge in [0.2, 0.25) is 0 Å². The van der Waals surface area contributed by atoms with E-state index in [0.717, 1.165) is 12.5 Å². The van der Waals surface area contributed by atoms with Gasteiger partial charge < -0.3 is 21.5 Å². The smallest absolute Gasteiger partial charge is 0.328 e. The second-order valence-corrected chi connectivity index (χ2v) is 7.17. The fourth-order valence-electron chi connectivity index (χ4n) is 2.49. The zero-order chi connectivity index (χ0) is 22.3. The number of hydrogen-bond acceptors (Lipinski definition) is 7. The van der Waals surface area contributed by atoms with E-state index in [1.165, 1.54) is 30.3 Å². The third-order valence-electron chi connectivity index (χ3n) is 4.08. The summed E-state index contributed by atoms with van der Waals surface area (Å²) in [5.41, 5.74) is 11.1. The van der Waals surface area contributed by atoms with Crippen molar-refractivity contribution >= 4 is 58.9 Å². The number of unbranched alkanes of at least 4 members (excludes halogenated alkanes) is 1. The predicted octanol–water partition coefficient (Wildman–Crippen LogP) is 3.94. The number of esters is 1. The summed E-state index contributed by atoms with van der Waals surface area (Å²) in [5.74, 6) is -1.40. The minimum atomic E-state index is -0.868. The Labute approximate surface area is 194 Å². The lowest BCUT2D eigenvalue weighted by atomic mass is 10.1. The molecule has 0 radical (unpaired) electrons. The van der Waals surface area contributed by atoms with Crippen LogP contribution in [0.25, 0.3) is 0 Å². The summed E-state index contributed by atoms with van der Waals surface area (Å²) in [6.45, 7) is 0.495. The average molecular weight is 492 g/mol. The van der Waals surface area contributed by atoms with Gasteiger partial charge in [-0.1, -0.05) is 29.6 Å². The van der Waals surface area contributed by atoms with Crippen LogP contribution in [0.15, 0.2) is 36.4 Å². The quantitative estimate of drug-likeness (QED) is 0.158. The SMILES string of the molecule is Cl.NCCCC[C@H](N)C(=O)Oc1ccc(Cl)cc1C(=O)Nc1ccc([N+](=O)[O-])cc1Cl. The van der Waals surface area contributed by atoms with Gasteiger partial charge in [-0.25, -0.2) is 4.79 Å². The molecule has 0 bridgehead atoms. The van der Waals surface area contributed by atoms with Crippen molar-refractivity contribution < 1.29 is 19.2 Å². The molecule has 2 aromatic carbocycles. The van der Waals surface area contributed by atoms with Gasteiger partial charge in [-0.2, -0.15) is 0 Å². The molecule has 0 heterocycles. The van der Waals surface area contributed by atoms with Gasteiger partial charge in [0.25, 0.3) is 11.6 Å². The van der Waals surface area contributed by atoms with Crippen molar-refractivity contribution in [1.82, 2.24) is 0 Å². The molecule has 0 aliphatic heterocycles. The van der Waals surface area contributed by atoms with Crippen LogP contribution in [0.5, 0.6) is 5.75 Å². The summed E-state index contributed by atoms with van der Waals surface area (Å²) in [7, 11) is 0. The van der Waals surface area contributed by atoms with E-state index in [4.69, 9.17) is 39.4 Å². The Hall–Kier alpha value is -2.43. The average Bonchev–Trinajstić information content (AvgIpc) is 2.70. The standard InChI is InChI=1S/C19H20Cl2N4O5.ClH/c20-11-4-7-17(30-19(27)15(23)3-1-2-8-22)13(9-11)18(26)24-16-6-5-12(25(28)29)10-14(16)21;/h4-7,9-10,15H,1-3,8,22-23H2,(H,24,26);1H/t15-;/m0./s1. The second kappa shape index (κ2) is 12.4. The van der Waals surface area contributed by atoms with Crippen molar-refractivity contribution in [2.75, 3.05) is 11.9 Å². The molecule has 5 N–H and O–H groups in total. The first-order valence-corrected chi connectivity index (χ1v) is 9.70. The summed E-state index contributed by atoms with van der Waals surface area (Å²) in [4.78, 5) is 35.2. The number of carbonyl (C=O) groups is 2. The molecule has 0 aromatic heterocycles. The summed E-state index contributed by atoms with van der Waals surface area (Å²) in [6, 6.07) is 6.88. The first-order chi connectivity index (χ1) is 14.2. The number of hydrogen-bond donors (Lipinski definition) is 3. The van der Waals surface area contributed by atoms with Gasteiger partial charge in [-0.05, 0) is 43.7 Å². The minimum absolute atomic E-state index is 0. The number of nitro groups is 1. The molecule has 0 saturated carbocycles. The highest BCUT2D eigenvalue weighted by molar-refractivity contribution is 6.34. The molecule has 2 aromatic rings. The number of anilines is 1. The van der Waals surface area contributed by atoms with E-state index >= 15 is 0 Å². The van der Waals surface area contributed by atoms with Gasteiger partial charge in [0.15, 0.2) is 0 Å². The van der Waals surface area contributed by atoms with Crippen molar-refractivity contribution in [1.29, 1.82) is 0 Å². The number of nitrogens with two attached hydrogens (primary N) is 2. The lowest BCUT2D eigenvalue weighted by Crippen LogP contribution is -2.34. The number of halogens is 3. The number of ether oxygens (including phenoxy) is 1. The molecule has 9 nitrogen and oxygen atoms in total. The van der Waals surface area contributed by atoms with E-state index in [-0.39, 0.29) is 45.1 Å². The molecule has 2 rings (SSSR count). The van der Waals surface area contributed by atoms with E-state index in [1.54, 1.807) is 0 Å². The minimum Gasteiger partial charge on any atom is -0.425 e.